The average Bonchev–Trinajstić information content (AvgIpc) is 2.98. The minimum atomic E-state index is 0.245. The second-order valence-electron chi connectivity index (χ2n) is 6.58. The summed E-state index contributed by atoms with van der Waals surface area (Å²) in [5.74, 6) is 0.263. The van der Waals surface area contributed by atoms with E-state index in [1.165, 1.54) is 16.1 Å². The number of carbonyl (C=O) groups is 1. The number of nitrogens with zero attached hydrogens (tertiary/aromatic N) is 3. The molecule has 2 aromatic rings. The minimum absolute atomic E-state index is 0.245. The van der Waals surface area contributed by atoms with E-state index in [0.29, 0.717) is 6.42 Å². The number of hydrogen-bond donors (Lipinski definition) is 0. The van der Waals surface area contributed by atoms with Crippen molar-refractivity contribution in [2.24, 2.45) is 0 Å². The van der Waals surface area contributed by atoms with Gasteiger partial charge >= 0.3 is 0 Å². The molecule has 0 bridgehead atoms. The van der Waals surface area contributed by atoms with Crippen molar-refractivity contribution in [1.82, 2.24) is 9.88 Å². The quantitative estimate of drug-likeness (QED) is 0.853. The van der Waals surface area contributed by atoms with Crippen molar-refractivity contribution in [3.8, 4) is 0 Å². The number of benzene rings is 1. The van der Waals surface area contributed by atoms with Gasteiger partial charge in [0.15, 0.2) is 0 Å². The van der Waals surface area contributed by atoms with Crippen LogP contribution in [0, 0.1) is 13.8 Å². The predicted molar refractivity (Wildman–Crippen MR) is 99.7 cm³/mol. The fourth-order valence-corrected chi connectivity index (χ4v) is 4.03. The maximum atomic E-state index is 12.6. The number of aryl methyl sites for hydroxylation is 3. The van der Waals surface area contributed by atoms with E-state index < -0.39 is 0 Å². The fourth-order valence-electron chi connectivity index (χ4n) is 3.25. The Kier molecular flexibility index (Phi) is 5.19. The summed E-state index contributed by atoms with van der Waals surface area (Å²) < 4.78 is 0. The van der Waals surface area contributed by atoms with Gasteiger partial charge in [0.1, 0.15) is 0 Å². The highest BCUT2D eigenvalue weighted by atomic mass is 32.1. The molecule has 1 aromatic heterocycles. The van der Waals surface area contributed by atoms with Crippen LogP contribution in [0.4, 0.5) is 5.69 Å². The van der Waals surface area contributed by atoms with Crippen LogP contribution in [0.25, 0.3) is 0 Å². The molecule has 1 atom stereocenters. The van der Waals surface area contributed by atoms with Crippen molar-refractivity contribution < 1.29 is 4.79 Å². The first kappa shape index (κ1) is 17.0. The molecule has 1 fully saturated rings. The molecule has 0 N–H and O–H groups in total. The highest BCUT2D eigenvalue weighted by Crippen LogP contribution is 2.21. The maximum absolute atomic E-state index is 12.6. The summed E-state index contributed by atoms with van der Waals surface area (Å²) in [4.78, 5) is 22.5. The lowest BCUT2D eigenvalue weighted by Crippen LogP contribution is -2.54. The third-order valence-corrected chi connectivity index (χ3v) is 5.75. The molecule has 1 amide bonds. The third kappa shape index (κ3) is 3.78. The first-order valence-electron chi connectivity index (χ1n) is 8.54. The number of rotatable bonds is 4. The number of amides is 1. The van der Waals surface area contributed by atoms with Crippen molar-refractivity contribution >= 4 is 22.9 Å². The Morgan fingerprint density at radius 3 is 2.62 bits per heavy atom. The van der Waals surface area contributed by atoms with Crippen molar-refractivity contribution in [2.75, 3.05) is 24.5 Å². The molecule has 0 spiro atoms. The van der Waals surface area contributed by atoms with Gasteiger partial charge in [0.05, 0.1) is 11.2 Å². The van der Waals surface area contributed by atoms with E-state index >= 15 is 0 Å². The zero-order valence-corrected chi connectivity index (χ0v) is 15.5. The first-order chi connectivity index (χ1) is 11.5. The smallest absolute Gasteiger partial charge is 0.223 e. The maximum Gasteiger partial charge on any atom is 0.223 e. The van der Waals surface area contributed by atoms with Gasteiger partial charge in [0.25, 0.3) is 0 Å². The topological polar surface area (TPSA) is 36.4 Å². The van der Waals surface area contributed by atoms with Crippen LogP contribution < -0.4 is 4.90 Å². The minimum Gasteiger partial charge on any atom is -0.368 e. The van der Waals surface area contributed by atoms with Gasteiger partial charge in [0.2, 0.25) is 5.91 Å². The highest BCUT2D eigenvalue weighted by Gasteiger charge is 2.27. The number of hydrogen-bond acceptors (Lipinski definition) is 4. The van der Waals surface area contributed by atoms with Crippen LogP contribution in [0.1, 0.15) is 29.5 Å². The molecule has 1 saturated heterocycles. The summed E-state index contributed by atoms with van der Waals surface area (Å²) >= 11 is 1.65. The van der Waals surface area contributed by atoms with Gasteiger partial charge in [-0.3, -0.25) is 4.79 Å². The molecule has 1 aliphatic heterocycles. The summed E-state index contributed by atoms with van der Waals surface area (Å²) in [6, 6.07) is 8.89. The standard InChI is InChI=1S/C19H25N3OS/c1-14-4-6-17(7-5-14)21-10-11-22(15(2)12-21)19(23)9-8-18-16(3)20-13-24-18/h4-7,13,15H,8-12H2,1-3H3/t15-/m1/s1. The lowest BCUT2D eigenvalue weighted by Gasteiger charge is -2.41. The Labute approximate surface area is 148 Å². The molecule has 3 rings (SSSR count). The number of piperazine rings is 1. The van der Waals surface area contributed by atoms with Gasteiger partial charge in [-0.1, -0.05) is 17.7 Å². The lowest BCUT2D eigenvalue weighted by molar-refractivity contribution is -0.133. The Bertz CT molecular complexity index is 695. The Balaban J connectivity index is 1.56. The molecule has 24 heavy (non-hydrogen) atoms. The van der Waals surface area contributed by atoms with Gasteiger partial charge in [-0.25, -0.2) is 4.98 Å². The first-order valence-corrected chi connectivity index (χ1v) is 9.42. The summed E-state index contributed by atoms with van der Waals surface area (Å²) in [6.07, 6.45) is 1.39. The second kappa shape index (κ2) is 7.34. The van der Waals surface area contributed by atoms with E-state index in [1.807, 2.05) is 17.3 Å². The predicted octanol–water partition coefficient (Wildman–Crippen LogP) is 3.43. The van der Waals surface area contributed by atoms with Gasteiger partial charge in [-0.05, 0) is 39.3 Å². The molecule has 4 nitrogen and oxygen atoms in total. The zero-order chi connectivity index (χ0) is 17.1. The third-order valence-electron chi connectivity index (χ3n) is 4.76. The zero-order valence-electron chi connectivity index (χ0n) is 14.7. The van der Waals surface area contributed by atoms with Crippen LogP contribution in [0.3, 0.4) is 0 Å². The van der Waals surface area contributed by atoms with E-state index in [1.54, 1.807) is 11.3 Å². The molecule has 0 unspecified atom stereocenters. The van der Waals surface area contributed by atoms with Crippen LogP contribution >= 0.6 is 11.3 Å². The van der Waals surface area contributed by atoms with E-state index in [4.69, 9.17) is 0 Å². The van der Waals surface area contributed by atoms with Crippen LogP contribution in [-0.2, 0) is 11.2 Å². The van der Waals surface area contributed by atoms with Gasteiger partial charge < -0.3 is 9.80 Å². The van der Waals surface area contributed by atoms with E-state index in [2.05, 4.69) is 48.0 Å². The molecule has 1 aliphatic rings. The van der Waals surface area contributed by atoms with Gasteiger partial charge in [-0.15, -0.1) is 11.3 Å². The van der Waals surface area contributed by atoms with Crippen LogP contribution in [0.15, 0.2) is 29.8 Å². The largest absolute Gasteiger partial charge is 0.368 e. The number of aromatic nitrogens is 1. The summed E-state index contributed by atoms with van der Waals surface area (Å²) in [5.41, 5.74) is 5.45. The normalized spacial score (nSPS) is 18.0. The SMILES string of the molecule is Cc1ccc(N2CCN(C(=O)CCc3scnc3C)[C@H](C)C2)cc1. The average molecular weight is 343 g/mol. The van der Waals surface area contributed by atoms with Crippen molar-refractivity contribution in [1.29, 1.82) is 0 Å². The monoisotopic (exact) mass is 343 g/mol. The molecule has 5 heteroatoms. The molecule has 0 saturated carbocycles. The van der Waals surface area contributed by atoms with Crippen molar-refractivity contribution in [3.05, 3.63) is 45.9 Å². The van der Waals surface area contributed by atoms with Crippen LogP contribution in [-0.4, -0.2) is 41.5 Å². The molecule has 0 radical (unpaired) electrons. The van der Waals surface area contributed by atoms with Crippen LogP contribution in [0.5, 0.6) is 0 Å². The molecular formula is C19H25N3OS. The van der Waals surface area contributed by atoms with Crippen LogP contribution in [0.2, 0.25) is 0 Å². The Morgan fingerprint density at radius 1 is 1.25 bits per heavy atom. The Hall–Kier alpha value is -1.88. The fraction of sp³-hybridized carbons (Fsp3) is 0.474. The molecule has 1 aromatic carbocycles. The van der Waals surface area contributed by atoms with Gasteiger partial charge in [0, 0.05) is 42.7 Å². The molecule has 2 heterocycles. The lowest BCUT2D eigenvalue weighted by atomic mass is 10.1. The van der Waals surface area contributed by atoms with Crippen molar-refractivity contribution in [2.45, 2.75) is 39.7 Å². The number of thiazole rings is 1. The van der Waals surface area contributed by atoms with E-state index in [-0.39, 0.29) is 11.9 Å². The van der Waals surface area contributed by atoms with E-state index in [9.17, 15) is 4.79 Å². The Morgan fingerprint density at radius 2 is 2.00 bits per heavy atom. The summed E-state index contributed by atoms with van der Waals surface area (Å²) in [5, 5.41) is 0. The molecule has 128 valence electrons. The number of anilines is 1. The van der Waals surface area contributed by atoms with E-state index in [0.717, 1.165) is 31.7 Å². The highest BCUT2D eigenvalue weighted by molar-refractivity contribution is 7.09. The molecular weight excluding hydrogens is 318 g/mol. The summed E-state index contributed by atoms with van der Waals surface area (Å²) in [6.45, 7) is 8.87. The summed E-state index contributed by atoms with van der Waals surface area (Å²) in [7, 11) is 0. The van der Waals surface area contributed by atoms with Crippen molar-refractivity contribution in [3.63, 3.8) is 0 Å². The van der Waals surface area contributed by atoms with Gasteiger partial charge in [-0.2, -0.15) is 0 Å². The molecule has 0 aliphatic carbocycles. The second-order valence-corrected chi connectivity index (χ2v) is 7.52. The number of carbonyl (C=O) groups excluding carboxylic acids is 1.